The number of thioether (sulfide) groups is 1. The number of amides is 1. The van der Waals surface area contributed by atoms with Gasteiger partial charge in [0, 0.05) is 16.0 Å². The molecule has 3 nitrogen and oxygen atoms in total. The maximum Gasteiger partial charge on any atom is 0.234 e. The fourth-order valence-electron chi connectivity index (χ4n) is 2.34. The Balaban J connectivity index is 1.64. The van der Waals surface area contributed by atoms with E-state index in [0.717, 1.165) is 27.1 Å². The number of anilines is 1. The standard InChI is InChI=1S/C19H17NO2S/c1-22-15-9-11-16(12-10-15)23-13-19(21)20-18-8-4-6-14-5-2-3-7-17(14)18/h2-12H,13H2,1H3,(H,20,21). The summed E-state index contributed by atoms with van der Waals surface area (Å²) in [6.07, 6.45) is 0. The van der Waals surface area contributed by atoms with Gasteiger partial charge in [-0.2, -0.15) is 0 Å². The number of nitrogens with one attached hydrogen (secondary N) is 1. The van der Waals surface area contributed by atoms with E-state index in [0.29, 0.717) is 5.75 Å². The van der Waals surface area contributed by atoms with Crippen LogP contribution in [-0.4, -0.2) is 18.8 Å². The van der Waals surface area contributed by atoms with E-state index in [4.69, 9.17) is 4.74 Å². The molecule has 0 aliphatic heterocycles. The Morgan fingerprint density at radius 2 is 1.74 bits per heavy atom. The lowest BCUT2D eigenvalue weighted by Crippen LogP contribution is -2.14. The Bertz CT molecular complexity index is 810. The van der Waals surface area contributed by atoms with E-state index in [1.54, 1.807) is 7.11 Å². The second-order valence-electron chi connectivity index (χ2n) is 5.04. The monoisotopic (exact) mass is 323 g/mol. The Labute approximate surface area is 139 Å². The summed E-state index contributed by atoms with van der Waals surface area (Å²) in [7, 11) is 1.64. The van der Waals surface area contributed by atoms with E-state index in [-0.39, 0.29) is 5.91 Å². The molecule has 3 rings (SSSR count). The Morgan fingerprint density at radius 1 is 1.00 bits per heavy atom. The molecule has 0 bridgehead atoms. The van der Waals surface area contributed by atoms with Crippen molar-refractivity contribution >= 4 is 34.1 Å². The molecule has 23 heavy (non-hydrogen) atoms. The number of ether oxygens (including phenoxy) is 1. The molecule has 0 aliphatic carbocycles. The molecule has 0 atom stereocenters. The highest BCUT2D eigenvalue weighted by Gasteiger charge is 2.06. The van der Waals surface area contributed by atoms with Crippen LogP contribution < -0.4 is 10.1 Å². The predicted octanol–water partition coefficient (Wildman–Crippen LogP) is 4.58. The lowest BCUT2D eigenvalue weighted by atomic mass is 10.1. The van der Waals surface area contributed by atoms with Crippen LogP contribution in [0.1, 0.15) is 0 Å². The van der Waals surface area contributed by atoms with Crippen molar-refractivity contribution in [3.8, 4) is 5.75 Å². The molecule has 0 heterocycles. The maximum absolute atomic E-state index is 12.2. The summed E-state index contributed by atoms with van der Waals surface area (Å²) in [6.45, 7) is 0. The summed E-state index contributed by atoms with van der Waals surface area (Å²) in [5.74, 6) is 1.17. The largest absolute Gasteiger partial charge is 0.497 e. The SMILES string of the molecule is COc1ccc(SCC(=O)Nc2cccc3ccccc23)cc1. The van der Waals surface area contributed by atoms with Gasteiger partial charge < -0.3 is 10.1 Å². The second kappa shape index (κ2) is 7.20. The first-order valence-corrected chi connectivity index (χ1v) is 8.29. The molecule has 1 N–H and O–H groups in total. The third-order valence-corrected chi connectivity index (χ3v) is 4.51. The molecule has 4 heteroatoms. The van der Waals surface area contributed by atoms with Crippen LogP contribution in [0.4, 0.5) is 5.69 Å². The fourth-order valence-corrected chi connectivity index (χ4v) is 3.04. The Morgan fingerprint density at radius 3 is 2.52 bits per heavy atom. The van der Waals surface area contributed by atoms with Crippen LogP contribution >= 0.6 is 11.8 Å². The number of fused-ring (bicyclic) bond motifs is 1. The molecule has 0 aliphatic rings. The van der Waals surface area contributed by atoms with Gasteiger partial charge in [0.05, 0.1) is 12.9 Å². The molecule has 0 radical (unpaired) electrons. The highest BCUT2D eigenvalue weighted by Crippen LogP contribution is 2.24. The van der Waals surface area contributed by atoms with Crippen molar-refractivity contribution in [1.29, 1.82) is 0 Å². The number of carbonyl (C=O) groups is 1. The minimum atomic E-state index is -0.0119. The summed E-state index contributed by atoms with van der Waals surface area (Å²) in [5, 5.41) is 5.17. The van der Waals surface area contributed by atoms with E-state index < -0.39 is 0 Å². The molecular formula is C19H17NO2S. The summed E-state index contributed by atoms with van der Waals surface area (Å²) < 4.78 is 5.13. The third kappa shape index (κ3) is 3.85. The van der Waals surface area contributed by atoms with Gasteiger partial charge in [0.1, 0.15) is 5.75 Å². The molecule has 3 aromatic carbocycles. The average Bonchev–Trinajstić information content (AvgIpc) is 2.61. The van der Waals surface area contributed by atoms with Crippen LogP contribution in [0, 0.1) is 0 Å². The van der Waals surface area contributed by atoms with Gasteiger partial charge in [0.15, 0.2) is 0 Å². The zero-order valence-corrected chi connectivity index (χ0v) is 13.6. The summed E-state index contributed by atoms with van der Waals surface area (Å²) in [6, 6.07) is 21.6. The van der Waals surface area contributed by atoms with Crippen molar-refractivity contribution in [1.82, 2.24) is 0 Å². The maximum atomic E-state index is 12.2. The lowest BCUT2D eigenvalue weighted by molar-refractivity contribution is -0.113. The Hall–Kier alpha value is -2.46. The van der Waals surface area contributed by atoms with Crippen LogP contribution in [-0.2, 0) is 4.79 Å². The van der Waals surface area contributed by atoms with Crippen molar-refractivity contribution in [2.75, 3.05) is 18.2 Å². The number of benzene rings is 3. The summed E-state index contributed by atoms with van der Waals surface area (Å²) in [5.41, 5.74) is 0.850. The fraction of sp³-hybridized carbons (Fsp3) is 0.105. The van der Waals surface area contributed by atoms with Gasteiger partial charge in [-0.3, -0.25) is 4.79 Å². The van der Waals surface area contributed by atoms with Crippen LogP contribution in [0.2, 0.25) is 0 Å². The topological polar surface area (TPSA) is 38.3 Å². The minimum Gasteiger partial charge on any atom is -0.497 e. The van der Waals surface area contributed by atoms with Crippen molar-refractivity contribution < 1.29 is 9.53 Å². The lowest BCUT2D eigenvalue weighted by Gasteiger charge is -2.09. The van der Waals surface area contributed by atoms with Gasteiger partial charge in [0.25, 0.3) is 0 Å². The number of hydrogen-bond donors (Lipinski definition) is 1. The molecule has 0 unspecified atom stereocenters. The number of carbonyl (C=O) groups excluding carboxylic acids is 1. The molecule has 116 valence electrons. The van der Waals surface area contributed by atoms with Crippen LogP contribution in [0.25, 0.3) is 10.8 Å². The molecular weight excluding hydrogens is 306 g/mol. The predicted molar refractivity (Wildman–Crippen MR) is 96.3 cm³/mol. The van der Waals surface area contributed by atoms with Gasteiger partial charge >= 0.3 is 0 Å². The molecule has 0 aromatic heterocycles. The first-order chi connectivity index (χ1) is 11.3. The first-order valence-electron chi connectivity index (χ1n) is 7.31. The second-order valence-corrected chi connectivity index (χ2v) is 6.09. The zero-order valence-electron chi connectivity index (χ0n) is 12.8. The van der Waals surface area contributed by atoms with Gasteiger partial charge in [0.2, 0.25) is 5.91 Å². The summed E-state index contributed by atoms with van der Waals surface area (Å²) in [4.78, 5) is 13.2. The van der Waals surface area contributed by atoms with E-state index in [2.05, 4.69) is 5.32 Å². The smallest absolute Gasteiger partial charge is 0.234 e. The minimum absolute atomic E-state index is 0.0119. The molecule has 0 saturated carbocycles. The highest BCUT2D eigenvalue weighted by atomic mass is 32.2. The summed E-state index contributed by atoms with van der Waals surface area (Å²) >= 11 is 1.50. The Kier molecular flexibility index (Phi) is 4.83. The van der Waals surface area contributed by atoms with Crippen LogP contribution in [0.5, 0.6) is 5.75 Å². The third-order valence-electron chi connectivity index (χ3n) is 3.49. The molecule has 1 amide bonds. The molecule has 0 fully saturated rings. The van der Waals surface area contributed by atoms with E-state index in [1.165, 1.54) is 11.8 Å². The van der Waals surface area contributed by atoms with Crippen molar-refractivity contribution in [2.45, 2.75) is 4.90 Å². The van der Waals surface area contributed by atoms with E-state index >= 15 is 0 Å². The molecule has 0 saturated heterocycles. The van der Waals surface area contributed by atoms with Gasteiger partial charge in [-0.05, 0) is 35.7 Å². The van der Waals surface area contributed by atoms with Gasteiger partial charge in [-0.15, -0.1) is 11.8 Å². The zero-order chi connectivity index (χ0) is 16.1. The normalized spacial score (nSPS) is 10.5. The van der Waals surface area contributed by atoms with Crippen LogP contribution in [0.15, 0.2) is 71.6 Å². The quantitative estimate of drug-likeness (QED) is 0.699. The van der Waals surface area contributed by atoms with E-state index in [9.17, 15) is 4.79 Å². The number of methoxy groups -OCH3 is 1. The van der Waals surface area contributed by atoms with Gasteiger partial charge in [-0.1, -0.05) is 36.4 Å². The molecule has 0 spiro atoms. The highest BCUT2D eigenvalue weighted by molar-refractivity contribution is 8.00. The first kappa shape index (κ1) is 15.4. The van der Waals surface area contributed by atoms with Crippen molar-refractivity contribution in [3.05, 3.63) is 66.7 Å². The van der Waals surface area contributed by atoms with Crippen LogP contribution in [0.3, 0.4) is 0 Å². The number of rotatable bonds is 5. The average molecular weight is 323 g/mol. The van der Waals surface area contributed by atoms with Gasteiger partial charge in [-0.25, -0.2) is 0 Å². The number of hydrogen-bond acceptors (Lipinski definition) is 3. The molecule has 3 aromatic rings. The van der Waals surface area contributed by atoms with E-state index in [1.807, 2.05) is 66.7 Å². The van der Waals surface area contributed by atoms with Crippen molar-refractivity contribution in [2.24, 2.45) is 0 Å². The van der Waals surface area contributed by atoms with Crippen molar-refractivity contribution in [3.63, 3.8) is 0 Å².